The zero-order valence-corrected chi connectivity index (χ0v) is 14.7. The molecule has 126 valence electrons. The lowest BCUT2D eigenvalue weighted by atomic mass is 10.0. The van der Waals surface area contributed by atoms with E-state index >= 15 is 0 Å². The molecule has 0 aromatic heterocycles. The third kappa shape index (κ3) is 3.48. The van der Waals surface area contributed by atoms with Crippen LogP contribution in [-0.2, 0) is 0 Å². The molecule has 2 nitrogen and oxygen atoms in total. The molecule has 0 saturated carbocycles. The first-order valence-corrected chi connectivity index (χ1v) is 9.05. The molecule has 0 aliphatic carbocycles. The number of hydrogen-bond acceptors (Lipinski definition) is 2. The SMILES string of the molecule is CCCCOc1cccc2cc3ccccc3c(OCCCC)c12. The summed E-state index contributed by atoms with van der Waals surface area (Å²) in [5.41, 5.74) is 0. The molecule has 0 radical (unpaired) electrons. The Kier molecular flexibility index (Phi) is 5.58. The normalized spacial score (nSPS) is 11.1. The number of fused-ring (bicyclic) bond motifs is 2. The van der Waals surface area contributed by atoms with Crippen LogP contribution < -0.4 is 9.47 Å². The Morgan fingerprint density at radius 3 is 2.25 bits per heavy atom. The highest BCUT2D eigenvalue weighted by Gasteiger charge is 2.13. The highest BCUT2D eigenvalue weighted by atomic mass is 16.5. The summed E-state index contributed by atoms with van der Waals surface area (Å²) >= 11 is 0. The van der Waals surface area contributed by atoms with E-state index in [0.29, 0.717) is 0 Å². The fourth-order valence-electron chi connectivity index (χ4n) is 2.96. The van der Waals surface area contributed by atoms with E-state index in [1.165, 1.54) is 10.8 Å². The average Bonchev–Trinajstić information content (AvgIpc) is 2.61. The van der Waals surface area contributed by atoms with Gasteiger partial charge < -0.3 is 9.47 Å². The zero-order valence-electron chi connectivity index (χ0n) is 14.7. The van der Waals surface area contributed by atoms with Crippen molar-refractivity contribution in [3.63, 3.8) is 0 Å². The standard InChI is InChI=1S/C22H26O2/c1-3-5-14-23-20-13-9-11-18-16-17-10-7-8-12-19(17)22(21(18)20)24-15-6-4-2/h7-13,16H,3-6,14-15H2,1-2H3. The molecule has 24 heavy (non-hydrogen) atoms. The van der Waals surface area contributed by atoms with Crippen molar-refractivity contribution in [2.45, 2.75) is 39.5 Å². The van der Waals surface area contributed by atoms with Crippen molar-refractivity contribution in [2.24, 2.45) is 0 Å². The van der Waals surface area contributed by atoms with Gasteiger partial charge in [-0.05, 0) is 35.7 Å². The summed E-state index contributed by atoms with van der Waals surface area (Å²) in [7, 11) is 0. The zero-order chi connectivity index (χ0) is 16.8. The summed E-state index contributed by atoms with van der Waals surface area (Å²) in [6.45, 7) is 5.85. The summed E-state index contributed by atoms with van der Waals surface area (Å²) in [4.78, 5) is 0. The molecule has 3 aromatic carbocycles. The number of unbranched alkanes of at least 4 members (excludes halogenated alkanes) is 2. The van der Waals surface area contributed by atoms with Crippen molar-refractivity contribution in [3.8, 4) is 11.5 Å². The van der Waals surface area contributed by atoms with Gasteiger partial charge in [0, 0.05) is 5.39 Å². The predicted molar refractivity (Wildman–Crippen MR) is 102 cm³/mol. The van der Waals surface area contributed by atoms with Crippen LogP contribution in [0.5, 0.6) is 11.5 Å². The lowest BCUT2D eigenvalue weighted by molar-refractivity contribution is 0.304. The fourth-order valence-corrected chi connectivity index (χ4v) is 2.96. The van der Waals surface area contributed by atoms with Gasteiger partial charge in [-0.15, -0.1) is 0 Å². The lowest BCUT2D eigenvalue weighted by Crippen LogP contribution is -2.01. The first kappa shape index (κ1) is 16.6. The van der Waals surface area contributed by atoms with Crippen molar-refractivity contribution >= 4 is 21.5 Å². The van der Waals surface area contributed by atoms with Crippen LogP contribution in [0.4, 0.5) is 0 Å². The van der Waals surface area contributed by atoms with E-state index in [4.69, 9.17) is 9.47 Å². The Morgan fingerprint density at radius 2 is 1.46 bits per heavy atom. The molecule has 0 aliphatic heterocycles. The Labute approximate surface area is 144 Å². The van der Waals surface area contributed by atoms with Crippen LogP contribution >= 0.6 is 0 Å². The number of benzene rings is 3. The maximum absolute atomic E-state index is 6.24. The van der Waals surface area contributed by atoms with E-state index in [0.717, 1.165) is 61.2 Å². The van der Waals surface area contributed by atoms with Crippen molar-refractivity contribution < 1.29 is 9.47 Å². The number of ether oxygens (including phenoxy) is 2. The minimum absolute atomic E-state index is 0.739. The molecule has 0 spiro atoms. The quantitative estimate of drug-likeness (QED) is 0.355. The maximum atomic E-state index is 6.24. The van der Waals surface area contributed by atoms with Gasteiger partial charge in [0.05, 0.1) is 18.6 Å². The molecule has 3 aromatic rings. The molecule has 2 heteroatoms. The molecule has 0 aliphatic rings. The van der Waals surface area contributed by atoms with Crippen LogP contribution in [0.25, 0.3) is 21.5 Å². The minimum Gasteiger partial charge on any atom is -0.493 e. The summed E-state index contributed by atoms with van der Waals surface area (Å²) < 4.78 is 12.3. The third-order valence-electron chi connectivity index (χ3n) is 4.30. The third-order valence-corrected chi connectivity index (χ3v) is 4.30. The highest BCUT2D eigenvalue weighted by molar-refractivity contribution is 6.07. The molecule has 0 bridgehead atoms. The maximum Gasteiger partial charge on any atom is 0.138 e. The molecule has 0 saturated heterocycles. The molecule has 0 amide bonds. The van der Waals surface area contributed by atoms with Gasteiger partial charge in [0.15, 0.2) is 0 Å². The van der Waals surface area contributed by atoms with E-state index in [9.17, 15) is 0 Å². The van der Waals surface area contributed by atoms with Gasteiger partial charge in [-0.3, -0.25) is 0 Å². The molecular formula is C22H26O2. The van der Waals surface area contributed by atoms with Crippen LogP contribution in [0.15, 0.2) is 48.5 Å². The Balaban J connectivity index is 2.13. The largest absolute Gasteiger partial charge is 0.493 e. The fraction of sp³-hybridized carbons (Fsp3) is 0.364. The van der Waals surface area contributed by atoms with Crippen molar-refractivity contribution in [2.75, 3.05) is 13.2 Å². The number of hydrogen-bond donors (Lipinski definition) is 0. The van der Waals surface area contributed by atoms with E-state index in [2.05, 4.69) is 62.4 Å². The lowest BCUT2D eigenvalue weighted by Gasteiger charge is -2.16. The first-order chi connectivity index (χ1) is 11.8. The van der Waals surface area contributed by atoms with Gasteiger partial charge in [0.25, 0.3) is 0 Å². The van der Waals surface area contributed by atoms with Crippen LogP contribution in [0, 0.1) is 0 Å². The molecular weight excluding hydrogens is 296 g/mol. The van der Waals surface area contributed by atoms with E-state index in [1.807, 2.05) is 0 Å². The summed E-state index contributed by atoms with van der Waals surface area (Å²) in [5.74, 6) is 1.89. The van der Waals surface area contributed by atoms with Crippen molar-refractivity contribution in [1.82, 2.24) is 0 Å². The second-order valence-electron chi connectivity index (χ2n) is 6.19. The van der Waals surface area contributed by atoms with Crippen LogP contribution in [0.2, 0.25) is 0 Å². The van der Waals surface area contributed by atoms with Gasteiger partial charge >= 0.3 is 0 Å². The van der Waals surface area contributed by atoms with Crippen LogP contribution in [-0.4, -0.2) is 13.2 Å². The predicted octanol–water partition coefficient (Wildman–Crippen LogP) is 6.35. The molecule has 0 unspecified atom stereocenters. The van der Waals surface area contributed by atoms with E-state index in [1.54, 1.807) is 0 Å². The minimum atomic E-state index is 0.739. The summed E-state index contributed by atoms with van der Waals surface area (Å²) in [5, 5.41) is 4.65. The van der Waals surface area contributed by atoms with E-state index in [-0.39, 0.29) is 0 Å². The Morgan fingerprint density at radius 1 is 0.750 bits per heavy atom. The van der Waals surface area contributed by atoms with Gasteiger partial charge in [0.1, 0.15) is 11.5 Å². The second kappa shape index (κ2) is 8.05. The molecule has 0 atom stereocenters. The molecule has 0 N–H and O–H groups in total. The van der Waals surface area contributed by atoms with Gasteiger partial charge in [-0.25, -0.2) is 0 Å². The van der Waals surface area contributed by atoms with Gasteiger partial charge in [-0.1, -0.05) is 63.1 Å². The van der Waals surface area contributed by atoms with Crippen molar-refractivity contribution in [3.05, 3.63) is 48.5 Å². The monoisotopic (exact) mass is 322 g/mol. The highest BCUT2D eigenvalue weighted by Crippen LogP contribution is 2.40. The van der Waals surface area contributed by atoms with Crippen molar-refractivity contribution in [1.29, 1.82) is 0 Å². The number of rotatable bonds is 8. The topological polar surface area (TPSA) is 18.5 Å². The van der Waals surface area contributed by atoms with Crippen LogP contribution in [0.3, 0.4) is 0 Å². The molecule has 0 heterocycles. The Bertz CT molecular complexity index is 808. The van der Waals surface area contributed by atoms with E-state index < -0.39 is 0 Å². The second-order valence-corrected chi connectivity index (χ2v) is 6.19. The Hall–Kier alpha value is -2.22. The summed E-state index contributed by atoms with van der Waals surface area (Å²) in [6, 6.07) is 16.9. The average molecular weight is 322 g/mol. The molecule has 0 fully saturated rings. The van der Waals surface area contributed by atoms with Crippen LogP contribution in [0.1, 0.15) is 39.5 Å². The smallest absolute Gasteiger partial charge is 0.138 e. The van der Waals surface area contributed by atoms with Gasteiger partial charge in [-0.2, -0.15) is 0 Å². The molecule has 3 rings (SSSR count). The summed E-state index contributed by atoms with van der Waals surface area (Å²) in [6.07, 6.45) is 4.38. The first-order valence-electron chi connectivity index (χ1n) is 9.05. The van der Waals surface area contributed by atoms with Gasteiger partial charge in [0.2, 0.25) is 0 Å².